The van der Waals surface area contributed by atoms with Crippen LogP contribution in [0.4, 0.5) is 0 Å². The van der Waals surface area contributed by atoms with Crippen molar-refractivity contribution >= 4 is 5.97 Å². The fraction of sp³-hybridized carbons (Fsp3) is 0.500. The first-order chi connectivity index (χ1) is 8.51. The molecular weight excluding hydrogens is 232 g/mol. The maximum atomic E-state index is 10.7. The molecule has 0 amide bonds. The Labute approximate surface area is 108 Å². The lowest BCUT2D eigenvalue weighted by atomic mass is 9.93. The number of rotatable bonds is 6. The Morgan fingerprint density at radius 1 is 1.28 bits per heavy atom. The number of aliphatic carboxylic acids is 1. The molecule has 1 aromatic carbocycles. The van der Waals surface area contributed by atoms with Crippen LogP contribution in [0.15, 0.2) is 12.1 Å². The number of ether oxygens (including phenoxy) is 2. The predicted octanol–water partition coefficient (Wildman–Crippen LogP) is 2.84. The van der Waals surface area contributed by atoms with Gasteiger partial charge in [-0.25, -0.2) is 0 Å². The van der Waals surface area contributed by atoms with Gasteiger partial charge in [0, 0.05) is 12.0 Å². The van der Waals surface area contributed by atoms with Crippen LogP contribution in [0, 0.1) is 0 Å². The smallest absolute Gasteiger partial charge is 0.303 e. The average molecular weight is 252 g/mol. The molecule has 0 aromatic heterocycles. The van der Waals surface area contributed by atoms with Gasteiger partial charge in [-0.15, -0.1) is 0 Å². The molecule has 1 rings (SSSR count). The van der Waals surface area contributed by atoms with E-state index in [1.165, 1.54) is 0 Å². The Balaban J connectivity index is 3.24. The maximum absolute atomic E-state index is 10.7. The van der Waals surface area contributed by atoms with Crippen molar-refractivity contribution in [2.45, 2.75) is 32.6 Å². The van der Waals surface area contributed by atoms with Crippen LogP contribution in [0.5, 0.6) is 11.5 Å². The van der Waals surface area contributed by atoms with Gasteiger partial charge in [-0.3, -0.25) is 4.79 Å². The van der Waals surface area contributed by atoms with Crippen molar-refractivity contribution in [3.05, 3.63) is 23.3 Å². The highest BCUT2D eigenvalue weighted by atomic mass is 16.5. The molecule has 0 bridgehead atoms. The van der Waals surface area contributed by atoms with Gasteiger partial charge in [0.25, 0.3) is 0 Å². The lowest BCUT2D eigenvalue weighted by molar-refractivity contribution is -0.136. The summed E-state index contributed by atoms with van der Waals surface area (Å²) in [5.41, 5.74) is 2.03. The number of carboxylic acids is 1. The molecule has 0 aliphatic heterocycles. The van der Waals surface area contributed by atoms with Crippen molar-refractivity contribution in [1.82, 2.24) is 0 Å². The zero-order valence-corrected chi connectivity index (χ0v) is 11.3. The van der Waals surface area contributed by atoms with Crippen LogP contribution in [0.1, 0.15) is 37.3 Å². The number of benzene rings is 1. The van der Waals surface area contributed by atoms with Crippen LogP contribution in [0.3, 0.4) is 0 Å². The highest BCUT2D eigenvalue weighted by molar-refractivity contribution is 5.67. The zero-order valence-electron chi connectivity index (χ0n) is 11.3. The van der Waals surface area contributed by atoms with Crippen LogP contribution in [-0.2, 0) is 11.2 Å². The molecule has 1 aromatic rings. The Hall–Kier alpha value is -1.71. The fourth-order valence-electron chi connectivity index (χ4n) is 2.04. The quantitative estimate of drug-likeness (QED) is 0.845. The minimum Gasteiger partial charge on any atom is -0.493 e. The standard InChI is InChI=1S/C14H20O4/c1-9(2)10-5-7-12(17-3)14(18-4)11(10)6-8-13(15)16/h5,7,9H,6,8H2,1-4H3,(H,15,16). The van der Waals surface area contributed by atoms with Crippen LogP contribution < -0.4 is 9.47 Å². The van der Waals surface area contributed by atoms with Crippen molar-refractivity contribution < 1.29 is 19.4 Å². The van der Waals surface area contributed by atoms with Crippen LogP contribution in [0.2, 0.25) is 0 Å². The minimum absolute atomic E-state index is 0.0866. The first-order valence-electron chi connectivity index (χ1n) is 5.96. The summed E-state index contributed by atoms with van der Waals surface area (Å²) in [5, 5.41) is 8.82. The number of hydrogen-bond donors (Lipinski definition) is 1. The van der Waals surface area contributed by atoms with E-state index in [0.717, 1.165) is 11.1 Å². The third-order valence-electron chi connectivity index (χ3n) is 2.90. The van der Waals surface area contributed by atoms with E-state index in [-0.39, 0.29) is 6.42 Å². The molecule has 4 nitrogen and oxygen atoms in total. The van der Waals surface area contributed by atoms with Gasteiger partial charge in [-0.05, 0) is 24.0 Å². The lowest BCUT2D eigenvalue weighted by Crippen LogP contribution is -2.05. The SMILES string of the molecule is COc1ccc(C(C)C)c(CCC(=O)O)c1OC. The van der Waals surface area contributed by atoms with Crippen molar-refractivity contribution in [3.63, 3.8) is 0 Å². The van der Waals surface area contributed by atoms with Crippen LogP contribution in [-0.4, -0.2) is 25.3 Å². The molecule has 0 radical (unpaired) electrons. The van der Waals surface area contributed by atoms with Gasteiger partial charge in [0.05, 0.1) is 14.2 Å². The molecule has 0 aliphatic rings. The Morgan fingerprint density at radius 2 is 1.94 bits per heavy atom. The Bertz CT molecular complexity index is 424. The van der Waals surface area contributed by atoms with E-state index in [2.05, 4.69) is 13.8 Å². The third kappa shape index (κ3) is 3.15. The molecule has 0 unspecified atom stereocenters. The monoisotopic (exact) mass is 252 g/mol. The van der Waals surface area contributed by atoms with Gasteiger partial charge in [0.2, 0.25) is 0 Å². The molecule has 100 valence electrons. The fourth-order valence-corrected chi connectivity index (χ4v) is 2.04. The predicted molar refractivity (Wildman–Crippen MR) is 69.6 cm³/mol. The van der Waals surface area contributed by atoms with Crippen molar-refractivity contribution in [3.8, 4) is 11.5 Å². The molecule has 0 atom stereocenters. The second-order valence-electron chi connectivity index (χ2n) is 4.42. The maximum Gasteiger partial charge on any atom is 0.303 e. The number of carbonyl (C=O) groups is 1. The molecule has 0 saturated carbocycles. The van der Waals surface area contributed by atoms with Crippen molar-refractivity contribution in [2.75, 3.05) is 14.2 Å². The molecule has 4 heteroatoms. The summed E-state index contributed by atoms with van der Waals surface area (Å²) in [6.45, 7) is 4.15. The molecule has 18 heavy (non-hydrogen) atoms. The molecule has 0 fully saturated rings. The van der Waals surface area contributed by atoms with E-state index in [1.54, 1.807) is 14.2 Å². The molecule has 0 saturated heterocycles. The summed E-state index contributed by atoms with van der Waals surface area (Å²) in [6, 6.07) is 3.83. The topological polar surface area (TPSA) is 55.8 Å². The van der Waals surface area contributed by atoms with Gasteiger partial charge >= 0.3 is 5.97 Å². The molecule has 1 N–H and O–H groups in total. The molecule has 0 heterocycles. The van der Waals surface area contributed by atoms with Gasteiger partial charge < -0.3 is 14.6 Å². The second-order valence-corrected chi connectivity index (χ2v) is 4.42. The summed E-state index contributed by atoms with van der Waals surface area (Å²) in [4.78, 5) is 10.7. The summed E-state index contributed by atoms with van der Waals surface area (Å²) in [5.74, 6) is 0.787. The normalized spacial score (nSPS) is 10.5. The molecular formula is C14H20O4. The molecule has 0 spiro atoms. The van der Waals surface area contributed by atoms with Gasteiger partial charge in [-0.1, -0.05) is 19.9 Å². The van der Waals surface area contributed by atoms with Gasteiger partial charge in [0.1, 0.15) is 0 Å². The van der Waals surface area contributed by atoms with E-state index in [4.69, 9.17) is 14.6 Å². The first-order valence-corrected chi connectivity index (χ1v) is 5.96. The highest BCUT2D eigenvalue weighted by Crippen LogP contribution is 2.37. The highest BCUT2D eigenvalue weighted by Gasteiger charge is 2.17. The first kappa shape index (κ1) is 14.4. The summed E-state index contributed by atoms with van der Waals surface area (Å²) in [6.07, 6.45) is 0.534. The van der Waals surface area contributed by atoms with Crippen LogP contribution >= 0.6 is 0 Å². The zero-order chi connectivity index (χ0) is 13.7. The van der Waals surface area contributed by atoms with E-state index >= 15 is 0 Å². The second kappa shape index (κ2) is 6.28. The number of hydrogen-bond acceptors (Lipinski definition) is 3. The Kier molecular flexibility index (Phi) is 5.01. The van der Waals surface area contributed by atoms with Gasteiger partial charge in [-0.2, -0.15) is 0 Å². The van der Waals surface area contributed by atoms with Crippen LogP contribution in [0.25, 0.3) is 0 Å². The lowest BCUT2D eigenvalue weighted by Gasteiger charge is -2.18. The van der Waals surface area contributed by atoms with E-state index < -0.39 is 5.97 Å². The van der Waals surface area contributed by atoms with Crippen molar-refractivity contribution in [1.29, 1.82) is 0 Å². The minimum atomic E-state index is -0.811. The van der Waals surface area contributed by atoms with Crippen molar-refractivity contribution in [2.24, 2.45) is 0 Å². The Morgan fingerprint density at radius 3 is 2.39 bits per heavy atom. The summed E-state index contributed by atoms with van der Waals surface area (Å²) >= 11 is 0. The summed E-state index contributed by atoms with van der Waals surface area (Å²) in [7, 11) is 3.15. The number of carboxylic acid groups (broad SMARTS) is 1. The largest absolute Gasteiger partial charge is 0.493 e. The van der Waals surface area contributed by atoms with E-state index in [1.807, 2.05) is 12.1 Å². The molecule has 0 aliphatic carbocycles. The summed E-state index contributed by atoms with van der Waals surface area (Å²) < 4.78 is 10.6. The van der Waals surface area contributed by atoms with E-state index in [0.29, 0.717) is 23.8 Å². The van der Waals surface area contributed by atoms with E-state index in [9.17, 15) is 4.79 Å². The van der Waals surface area contributed by atoms with Gasteiger partial charge in [0.15, 0.2) is 11.5 Å². The third-order valence-corrected chi connectivity index (χ3v) is 2.90. The number of methoxy groups -OCH3 is 2. The average Bonchev–Trinajstić information content (AvgIpc) is 2.34.